The third-order valence-electron chi connectivity index (χ3n) is 2.29. The van der Waals surface area contributed by atoms with Crippen LogP contribution in [0.1, 0.15) is 13.3 Å². The lowest BCUT2D eigenvalue weighted by Gasteiger charge is -2.04. The van der Waals surface area contributed by atoms with Gasteiger partial charge in [-0.15, -0.1) is 0 Å². The monoisotopic (exact) mass is 275 g/mol. The van der Waals surface area contributed by atoms with Gasteiger partial charge in [0.1, 0.15) is 4.90 Å². The lowest BCUT2D eigenvalue weighted by Crippen LogP contribution is -2.29. The molecule has 0 saturated carbocycles. The van der Waals surface area contributed by atoms with E-state index >= 15 is 0 Å². The van der Waals surface area contributed by atoms with Crippen molar-refractivity contribution in [2.45, 2.75) is 24.8 Å². The average Bonchev–Trinajstić information content (AvgIpc) is 2.71. The first-order valence-electron chi connectivity index (χ1n) is 5.44. The minimum absolute atomic E-state index is 0.0127. The molecule has 0 radical (unpaired) electrons. The average molecular weight is 275 g/mol. The van der Waals surface area contributed by atoms with E-state index in [1.807, 2.05) is 6.92 Å². The van der Waals surface area contributed by atoms with Crippen LogP contribution in [0.2, 0.25) is 0 Å². The van der Waals surface area contributed by atoms with Crippen LogP contribution in [0.5, 0.6) is 0 Å². The number of nitrogens with one attached hydrogen (secondary N) is 2. The first kappa shape index (κ1) is 14.5. The molecule has 0 atom stereocenters. The second-order valence-corrected chi connectivity index (χ2v) is 5.29. The molecule has 0 bridgehead atoms. The van der Waals surface area contributed by atoms with Gasteiger partial charge < -0.3 is 11.1 Å². The summed E-state index contributed by atoms with van der Waals surface area (Å²) in [5.41, 5.74) is 5.53. The fourth-order valence-electron chi connectivity index (χ4n) is 1.29. The number of aromatic nitrogens is 2. The van der Waals surface area contributed by atoms with Gasteiger partial charge in [-0.3, -0.25) is 9.48 Å². The van der Waals surface area contributed by atoms with Crippen LogP contribution < -0.4 is 15.8 Å². The Bertz CT molecular complexity index is 522. The Morgan fingerprint density at radius 2 is 2.22 bits per heavy atom. The number of carbonyl (C=O) groups is 1. The van der Waals surface area contributed by atoms with Crippen LogP contribution in [0.3, 0.4) is 0 Å². The molecule has 1 aromatic rings. The maximum Gasteiger partial charge on any atom is 0.245 e. The minimum Gasteiger partial charge on any atom is -0.381 e. The van der Waals surface area contributed by atoms with Gasteiger partial charge >= 0.3 is 0 Å². The van der Waals surface area contributed by atoms with Crippen molar-refractivity contribution in [3.05, 3.63) is 6.20 Å². The van der Waals surface area contributed by atoms with Gasteiger partial charge in [-0.05, 0) is 6.92 Å². The number of amides is 1. The van der Waals surface area contributed by atoms with E-state index in [2.05, 4.69) is 15.1 Å². The molecule has 0 saturated heterocycles. The summed E-state index contributed by atoms with van der Waals surface area (Å²) in [4.78, 5) is 10.9. The molecule has 0 unspecified atom stereocenters. The normalized spacial score (nSPS) is 11.4. The third-order valence-corrected chi connectivity index (χ3v) is 3.77. The Hall–Kier alpha value is -1.61. The molecule has 18 heavy (non-hydrogen) atoms. The molecule has 4 N–H and O–H groups in total. The summed E-state index contributed by atoms with van der Waals surface area (Å²) >= 11 is 0. The van der Waals surface area contributed by atoms with Crippen molar-refractivity contribution < 1.29 is 13.2 Å². The van der Waals surface area contributed by atoms with Crippen molar-refractivity contribution in [2.24, 2.45) is 0 Å². The minimum atomic E-state index is -3.72. The summed E-state index contributed by atoms with van der Waals surface area (Å²) < 4.78 is 27.5. The molecule has 0 aliphatic rings. The molecular formula is C9H17N5O3S. The quantitative estimate of drug-likeness (QED) is 0.609. The van der Waals surface area contributed by atoms with E-state index in [9.17, 15) is 13.2 Å². The first-order valence-corrected chi connectivity index (χ1v) is 6.92. The fraction of sp³-hybridized carbons (Fsp3) is 0.556. The van der Waals surface area contributed by atoms with E-state index in [1.54, 1.807) is 0 Å². The van der Waals surface area contributed by atoms with E-state index in [0.29, 0.717) is 6.54 Å². The van der Waals surface area contributed by atoms with Crippen LogP contribution in [0, 0.1) is 0 Å². The smallest absolute Gasteiger partial charge is 0.245 e. The second-order valence-electron chi connectivity index (χ2n) is 3.56. The van der Waals surface area contributed by atoms with Crippen molar-refractivity contribution in [1.29, 1.82) is 0 Å². The highest BCUT2D eigenvalue weighted by Gasteiger charge is 2.20. The summed E-state index contributed by atoms with van der Waals surface area (Å²) in [5, 5.41) is 6.25. The van der Waals surface area contributed by atoms with Crippen LogP contribution in [0.15, 0.2) is 11.1 Å². The summed E-state index contributed by atoms with van der Waals surface area (Å²) in [6, 6.07) is 0. The predicted molar refractivity (Wildman–Crippen MR) is 66.2 cm³/mol. The molecule has 8 nitrogen and oxygen atoms in total. The summed E-state index contributed by atoms with van der Waals surface area (Å²) in [7, 11) is -2.24. The Kier molecular flexibility index (Phi) is 4.68. The number of nitrogen functional groups attached to an aromatic ring is 1. The third kappa shape index (κ3) is 3.44. The maximum absolute atomic E-state index is 11.9. The number of anilines is 1. The highest BCUT2D eigenvalue weighted by atomic mass is 32.2. The van der Waals surface area contributed by atoms with E-state index in [4.69, 9.17) is 5.73 Å². The molecular weight excluding hydrogens is 258 g/mol. The summed E-state index contributed by atoms with van der Waals surface area (Å²) in [6.45, 7) is 2.36. The van der Waals surface area contributed by atoms with Gasteiger partial charge in [0.05, 0.1) is 0 Å². The van der Waals surface area contributed by atoms with Gasteiger partial charge in [0.2, 0.25) is 15.9 Å². The maximum atomic E-state index is 11.9. The molecule has 1 aromatic heterocycles. The number of nitrogens with zero attached hydrogens (tertiary/aromatic N) is 2. The van der Waals surface area contributed by atoms with E-state index in [1.165, 1.54) is 17.9 Å². The Morgan fingerprint density at radius 1 is 1.56 bits per heavy atom. The lowest BCUT2D eigenvalue weighted by molar-refractivity contribution is -0.120. The van der Waals surface area contributed by atoms with Gasteiger partial charge in [0.25, 0.3) is 0 Å². The summed E-state index contributed by atoms with van der Waals surface area (Å²) in [6.07, 6.45) is 1.43. The topological polar surface area (TPSA) is 119 Å². The van der Waals surface area contributed by atoms with Crippen molar-refractivity contribution in [2.75, 3.05) is 19.3 Å². The van der Waals surface area contributed by atoms with Gasteiger partial charge in [-0.25, -0.2) is 13.1 Å². The molecule has 1 amide bonds. The Balaban J connectivity index is 2.74. The van der Waals surface area contributed by atoms with Crippen molar-refractivity contribution in [3.8, 4) is 0 Å². The van der Waals surface area contributed by atoms with E-state index in [0.717, 1.165) is 0 Å². The molecule has 1 heterocycles. The van der Waals surface area contributed by atoms with Crippen LogP contribution in [0.4, 0.5) is 5.82 Å². The molecule has 9 heteroatoms. The fourth-order valence-corrected chi connectivity index (χ4v) is 2.39. The number of hydrogen-bond donors (Lipinski definition) is 3. The number of sulfonamides is 1. The first-order chi connectivity index (χ1) is 8.40. The lowest BCUT2D eigenvalue weighted by atomic mass is 10.4. The SMILES string of the molecule is CCn1cc(S(=O)(=O)NCCC(=O)NC)c(N)n1. The molecule has 0 aliphatic carbocycles. The van der Waals surface area contributed by atoms with Crippen molar-refractivity contribution in [1.82, 2.24) is 19.8 Å². The molecule has 0 aromatic carbocycles. The van der Waals surface area contributed by atoms with E-state index in [-0.39, 0.29) is 29.6 Å². The van der Waals surface area contributed by atoms with Crippen molar-refractivity contribution >= 4 is 21.7 Å². The molecule has 1 rings (SSSR count). The number of nitrogens with two attached hydrogens (primary N) is 1. The van der Waals surface area contributed by atoms with Gasteiger partial charge in [0.15, 0.2) is 5.82 Å². The number of carbonyl (C=O) groups excluding carboxylic acids is 1. The van der Waals surface area contributed by atoms with Crippen LogP contribution >= 0.6 is 0 Å². The molecule has 0 aliphatic heterocycles. The molecule has 102 valence electrons. The second kappa shape index (κ2) is 5.83. The van der Waals surface area contributed by atoms with Crippen LogP contribution in [-0.2, 0) is 21.4 Å². The number of hydrogen-bond acceptors (Lipinski definition) is 5. The van der Waals surface area contributed by atoms with E-state index < -0.39 is 10.0 Å². The molecule has 0 fully saturated rings. The Morgan fingerprint density at radius 3 is 2.72 bits per heavy atom. The zero-order valence-corrected chi connectivity index (χ0v) is 11.1. The zero-order valence-electron chi connectivity index (χ0n) is 10.3. The van der Waals surface area contributed by atoms with Gasteiger partial charge in [-0.1, -0.05) is 0 Å². The van der Waals surface area contributed by atoms with Gasteiger partial charge in [-0.2, -0.15) is 5.10 Å². The van der Waals surface area contributed by atoms with Crippen molar-refractivity contribution in [3.63, 3.8) is 0 Å². The summed E-state index contributed by atoms with van der Waals surface area (Å²) in [5.74, 6) is -0.292. The number of aryl methyl sites for hydroxylation is 1. The highest BCUT2D eigenvalue weighted by Crippen LogP contribution is 2.15. The number of rotatable bonds is 6. The van der Waals surface area contributed by atoms with Crippen LogP contribution in [0.25, 0.3) is 0 Å². The Labute approximate surface area is 106 Å². The van der Waals surface area contributed by atoms with Gasteiger partial charge in [0, 0.05) is 32.8 Å². The van der Waals surface area contributed by atoms with Crippen LogP contribution in [-0.4, -0.2) is 37.7 Å². The highest BCUT2D eigenvalue weighted by molar-refractivity contribution is 7.89. The molecule has 0 spiro atoms. The predicted octanol–water partition coefficient (Wildman–Crippen LogP) is -1.10. The largest absolute Gasteiger partial charge is 0.381 e. The standard InChI is InChI=1S/C9H17N5O3S/c1-3-14-6-7(9(10)13-14)18(16,17)12-5-4-8(15)11-2/h6,12H,3-5H2,1-2H3,(H2,10,13)(H,11,15). The zero-order chi connectivity index (χ0) is 13.8.